The van der Waals surface area contributed by atoms with E-state index in [9.17, 15) is 4.79 Å². The molecule has 1 N–H and O–H groups in total. The summed E-state index contributed by atoms with van der Waals surface area (Å²) < 4.78 is 21.0. The standard InChI is InChI=1S/C14H28N2O5/c1-16-5-7-21-13(12-16)14(17)15-4-3-6-19-10-11-20-9-8-18-2/h13H,3-12H2,1-2H3,(H,15,17). The van der Waals surface area contributed by atoms with Crippen molar-refractivity contribution in [3.63, 3.8) is 0 Å². The largest absolute Gasteiger partial charge is 0.382 e. The fraction of sp³-hybridized carbons (Fsp3) is 0.929. The number of hydrogen-bond acceptors (Lipinski definition) is 6. The van der Waals surface area contributed by atoms with E-state index in [2.05, 4.69) is 10.2 Å². The smallest absolute Gasteiger partial charge is 0.250 e. The third-order valence-electron chi connectivity index (χ3n) is 3.13. The first-order valence-electron chi connectivity index (χ1n) is 7.46. The monoisotopic (exact) mass is 304 g/mol. The normalized spacial score (nSPS) is 19.6. The molecule has 1 saturated heterocycles. The Morgan fingerprint density at radius 2 is 1.95 bits per heavy atom. The van der Waals surface area contributed by atoms with Gasteiger partial charge in [0.25, 0.3) is 0 Å². The Bertz CT molecular complexity index is 278. The van der Waals surface area contributed by atoms with Crippen LogP contribution in [0.1, 0.15) is 6.42 Å². The number of nitrogens with zero attached hydrogens (tertiary/aromatic N) is 1. The SMILES string of the molecule is COCCOCCOCCCNC(=O)C1CN(C)CCO1. The summed E-state index contributed by atoms with van der Waals surface area (Å²) in [6, 6.07) is 0. The van der Waals surface area contributed by atoms with Crippen molar-refractivity contribution in [2.75, 3.05) is 73.4 Å². The average molecular weight is 304 g/mol. The van der Waals surface area contributed by atoms with E-state index in [0.29, 0.717) is 52.7 Å². The highest BCUT2D eigenvalue weighted by atomic mass is 16.5. The summed E-state index contributed by atoms with van der Waals surface area (Å²) in [5.74, 6) is -0.0375. The zero-order valence-corrected chi connectivity index (χ0v) is 13.1. The summed E-state index contributed by atoms with van der Waals surface area (Å²) in [6.07, 6.45) is 0.436. The van der Waals surface area contributed by atoms with Crippen molar-refractivity contribution in [1.29, 1.82) is 0 Å². The maximum Gasteiger partial charge on any atom is 0.250 e. The summed E-state index contributed by atoms with van der Waals surface area (Å²) in [5.41, 5.74) is 0. The third kappa shape index (κ3) is 9.00. The summed E-state index contributed by atoms with van der Waals surface area (Å²) in [5, 5.41) is 2.87. The van der Waals surface area contributed by atoms with E-state index in [1.54, 1.807) is 7.11 Å². The predicted octanol–water partition coefficient (Wildman–Crippen LogP) is -0.497. The van der Waals surface area contributed by atoms with E-state index in [-0.39, 0.29) is 12.0 Å². The number of morpholine rings is 1. The van der Waals surface area contributed by atoms with Crippen LogP contribution in [-0.2, 0) is 23.7 Å². The van der Waals surface area contributed by atoms with Gasteiger partial charge < -0.3 is 29.2 Å². The molecule has 7 nitrogen and oxygen atoms in total. The molecular weight excluding hydrogens is 276 g/mol. The molecule has 1 amide bonds. The molecule has 1 aliphatic rings. The number of carbonyl (C=O) groups is 1. The van der Waals surface area contributed by atoms with Gasteiger partial charge in [-0.3, -0.25) is 4.79 Å². The van der Waals surface area contributed by atoms with Crippen molar-refractivity contribution < 1.29 is 23.7 Å². The summed E-state index contributed by atoms with van der Waals surface area (Å²) >= 11 is 0. The number of amides is 1. The van der Waals surface area contributed by atoms with Gasteiger partial charge in [-0.15, -0.1) is 0 Å². The molecular formula is C14H28N2O5. The highest BCUT2D eigenvalue weighted by Crippen LogP contribution is 2.02. The van der Waals surface area contributed by atoms with Crippen LogP contribution < -0.4 is 5.32 Å². The van der Waals surface area contributed by atoms with Gasteiger partial charge in [-0.05, 0) is 13.5 Å². The molecule has 0 aromatic heterocycles. The molecule has 124 valence electrons. The van der Waals surface area contributed by atoms with Crippen LogP contribution in [0.2, 0.25) is 0 Å². The number of ether oxygens (including phenoxy) is 4. The van der Waals surface area contributed by atoms with E-state index in [4.69, 9.17) is 18.9 Å². The van der Waals surface area contributed by atoms with Crippen molar-refractivity contribution in [2.45, 2.75) is 12.5 Å². The van der Waals surface area contributed by atoms with E-state index in [0.717, 1.165) is 13.0 Å². The Balaban J connectivity index is 1.88. The predicted molar refractivity (Wildman–Crippen MR) is 78.4 cm³/mol. The molecule has 1 rings (SSSR count). The number of nitrogens with one attached hydrogen (secondary N) is 1. The fourth-order valence-corrected chi connectivity index (χ4v) is 1.90. The zero-order valence-electron chi connectivity index (χ0n) is 13.1. The van der Waals surface area contributed by atoms with E-state index in [1.165, 1.54) is 0 Å². The van der Waals surface area contributed by atoms with Gasteiger partial charge in [0.1, 0.15) is 6.10 Å². The zero-order chi connectivity index (χ0) is 15.3. The van der Waals surface area contributed by atoms with E-state index >= 15 is 0 Å². The number of hydrogen-bond donors (Lipinski definition) is 1. The van der Waals surface area contributed by atoms with Gasteiger partial charge in [0, 0.05) is 33.4 Å². The second-order valence-corrected chi connectivity index (χ2v) is 4.98. The van der Waals surface area contributed by atoms with Crippen LogP contribution in [0.3, 0.4) is 0 Å². The maximum absolute atomic E-state index is 11.8. The molecule has 1 unspecified atom stereocenters. The first kappa shape index (κ1) is 18.3. The minimum absolute atomic E-state index is 0.0375. The topological polar surface area (TPSA) is 69.3 Å². The molecule has 0 aromatic rings. The van der Waals surface area contributed by atoms with E-state index in [1.807, 2.05) is 7.05 Å². The molecule has 1 heterocycles. The van der Waals surface area contributed by atoms with Gasteiger partial charge in [-0.25, -0.2) is 0 Å². The number of likely N-dealkylation sites (N-methyl/N-ethyl adjacent to an activating group) is 1. The summed E-state index contributed by atoms with van der Waals surface area (Å²) in [4.78, 5) is 13.9. The maximum atomic E-state index is 11.8. The highest BCUT2D eigenvalue weighted by Gasteiger charge is 2.24. The number of carbonyl (C=O) groups excluding carboxylic acids is 1. The van der Waals surface area contributed by atoms with Gasteiger partial charge >= 0.3 is 0 Å². The van der Waals surface area contributed by atoms with Crippen molar-refractivity contribution in [3.05, 3.63) is 0 Å². The van der Waals surface area contributed by atoms with Crippen LogP contribution in [0.4, 0.5) is 0 Å². The lowest BCUT2D eigenvalue weighted by Gasteiger charge is -2.29. The second kappa shape index (κ2) is 11.9. The fourth-order valence-electron chi connectivity index (χ4n) is 1.90. The van der Waals surface area contributed by atoms with Gasteiger partial charge in [-0.2, -0.15) is 0 Å². The van der Waals surface area contributed by atoms with Crippen LogP contribution in [0.25, 0.3) is 0 Å². The Labute approximate surface area is 126 Å². The van der Waals surface area contributed by atoms with Crippen LogP contribution in [0.5, 0.6) is 0 Å². The molecule has 0 saturated carbocycles. The van der Waals surface area contributed by atoms with Crippen molar-refractivity contribution in [2.24, 2.45) is 0 Å². The molecule has 0 spiro atoms. The Morgan fingerprint density at radius 1 is 1.24 bits per heavy atom. The van der Waals surface area contributed by atoms with Gasteiger partial charge in [0.2, 0.25) is 5.91 Å². The molecule has 0 bridgehead atoms. The molecule has 7 heteroatoms. The van der Waals surface area contributed by atoms with Gasteiger partial charge in [-0.1, -0.05) is 0 Å². The molecule has 0 radical (unpaired) electrons. The average Bonchev–Trinajstić information content (AvgIpc) is 2.49. The first-order valence-corrected chi connectivity index (χ1v) is 7.46. The Morgan fingerprint density at radius 3 is 2.67 bits per heavy atom. The molecule has 0 aliphatic carbocycles. The molecule has 1 aliphatic heterocycles. The highest BCUT2D eigenvalue weighted by molar-refractivity contribution is 5.81. The lowest BCUT2D eigenvalue weighted by atomic mass is 10.2. The number of rotatable bonds is 11. The van der Waals surface area contributed by atoms with Gasteiger partial charge in [0.05, 0.1) is 33.0 Å². The number of methoxy groups -OCH3 is 1. The molecule has 1 atom stereocenters. The van der Waals surface area contributed by atoms with Crippen molar-refractivity contribution >= 4 is 5.91 Å². The Hall–Kier alpha value is -0.730. The van der Waals surface area contributed by atoms with E-state index < -0.39 is 0 Å². The molecule has 21 heavy (non-hydrogen) atoms. The van der Waals surface area contributed by atoms with Crippen LogP contribution in [0, 0.1) is 0 Å². The lowest BCUT2D eigenvalue weighted by molar-refractivity contribution is -0.137. The van der Waals surface area contributed by atoms with Crippen LogP contribution in [-0.4, -0.2) is 90.3 Å². The summed E-state index contributed by atoms with van der Waals surface area (Å²) in [7, 11) is 3.63. The van der Waals surface area contributed by atoms with Crippen LogP contribution in [0.15, 0.2) is 0 Å². The first-order chi connectivity index (χ1) is 10.2. The third-order valence-corrected chi connectivity index (χ3v) is 3.13. The van der Waals surface area contributed by atoms with Crippen LogP contribution >= 0.6 is 0 Å². The quantitative estimate of drug-likeness (QED) is 0.519. The molecule has 0 aromatic carbocycles. The minimum atomic E-state index is -0.348. The minimum Gasteiger partial charge on any atom is -0.382 e. The van der Waals surface area contributed by atoms with Crippen molar-refractivity contribution in [1.82, 2.24) is 10.2 Å². The Kier molecular flexibility index (Phi) is 10.4. The second-order valence-electron chi connectivity index (χ2n) is 4.98. The molecule has 1 fully saturated rings. The van der Waals surface area contributed by atoms with Crippen molar-refractivity contribution in [3.8, 4) is 0 Å². The van der Waals surface area contributed by atoms with Gasteiger partial charge in [0.15, 0.2) is 0 Å². The lowest BCUT2D eigenvalue weighted by Crippen LogP contribution is -2.48. The summed E-state index contributed by atoms with van der Waals surface area (Å²) in [6.45, 7) is 5.68.